The van der Waals surface area contributed by atoms with E-state index in [1.54, 1.807) is 26.0 Å². The minimum Gasteiger partial charge on any atom is -0.454 e. The van der Waals surface area contributed by atoms with Crippen molar-refractivity contribution in [1.29, 1.82) is 0 Å². The van der Waals surface area contributed by atoms with Crippen molar-refractivity contribution in [2.45, 2.75) is 44.4 Å². The van der Waals surface area contributed by atoms with Crippen molar-refractivity contribution >= 4 is 51.1 Å². The first-order valence-corrected chi connectivity index (χ1v) is 15.6. The molecule has 5 N–H and O–H groups in total. The number of nitrogens with one attached hydrogen (secondary N) is 5. The Hall–Kier alpha value is -4.38. The van der Waals surface area contributed by atoms with Crippen LogP contribution in [0.1, 0.15) is 42.6 Å². The predicted octanol–water partition coefficient (Wildman–Crippen LogP) is 4.08. The molecule has 0 unspecified atom stereocenters. The van der Waals surface area contributed by atoms with E-state index in [-0.39, 0.29) is 30.0 Å². The van der Waals surface area contributed by atoms with Crippen LogP contribution in [-0.2, 0) is 15.6 Å². The zero-order valence-electron chi connectivity index (χ0n) is 24.0. The number of urea groups is 1. The first-order chi connectivity index (χ1) is 21.1. The van der Waals surface area contributed by atoms with Gasteiger partial charge in [0.15, 0.2) is 6.61 Å². The summed E-state index contributed by atoms with van der Waals surface area (Å²) >= 11 is 5.99. The second-order valence-electron chi connectivity index (χ2n) is 10.4. The van der Waals surface area contributed by atoms with E-state index in [4.69, 9.17) is 16.3 Å². The molecule has 3 amide bonds. The van der Waals surface area contributed by atoms with Crippen LogP contribution in [0.3, 0.4) is 0 Å². The topological polar surface area (TPSA) is 176 Å². The van der Waals surface area contributed by atoms with Crippen LogP contribution < -0.4 is 30.7 Å². The average Bonchev–Trinajstić information content (AvgIpc) is 3.71. The van der Waals surface area contributed by atoms with Gasteiger partial charge >= 0.3 is 18.2 Å². The summed E-state index contributed by atoms with van der Waals surface area (Å²) in [5.74, 6) is -1.61. The standard InChI is InChI=1S/C27H30ClF3N8O5S/c1-16(2)33-24(41)32-13-14-45(42,43)39-21(40)17-3-9-20(10-4-17)34-22-35-23(37-25(36-22)44-15-27(29,30)31)38-26(11-12-26)18-5-7-19(28)8-6-18/h3-10,16H,11-15H2,1-2H3,(H,39,40)(H2,32,33,41)(H2,34,35,36,37,38). The summed E-state index contributed by atoms with van der Waals surface area (Å²) < 4.78 is 69.8. The summed E-state index contributed by atoms with van der Waals surface area (Å²) in [5.41, 5.74) is 0.674. The van der Waals surface area contributed by atoms with Crippen molar-refractivity contribution in [3.8, 4) is 6.01 Å². The number of ether oxygens (including phenoxy) is 1. The Kier molecular flexibility index (Phi) is 10.2. The fourth-order valence-corrected chi connectivity index (χ4v) is 4.97. The van der Waals surface area contributed by atoms with Crippen molar-refractivity contribution in [3.05, 3.63) is 64.7 Å². The van der Waals surface area contributed by atoms with Crippen LogP contribution in [-0.4, -0.2) is 66.4 Å². The number of rotatable bonds is 13. The van der Waals surface area contributed by atoms with Gasteiger partial charge in [0.1, 0.15) is 0 Å². The third-order valence-electron chi connectivity index (χ3n) is 6.21. The fourth-order valence-electron chi connectivity index (χ4n) is 3.97. The zero-order valence-corrected chi connectivity index (χ0v) is 25.6. The second-order valence-corrected chi connectivity index (χ2v) is 12.7. The van der Waals surface area contributed by atoms with Crippen LogP contribution in [0.2, 0.25) is 5.02 Å². The average molecular weight is 671 g/mol. The van der Waals surface area contributed by atoms with Crippen LogP contribution in [0.15, 0.2) is 48.5 Å². The Labute approximate surface area is 261 Å². The van der Waals surface area contributed by atoms with Gasteiger partial charge in [0.2, 0.25) is 21.9 Å². The number of alkyl halides is 3. The van der Waals surface area contributed by atoms with Crippen molar-refractivity contribution in [2.75, 3.05) is 29.5 Å². The number of hydrogen-bond acceptors (Lipinski definition) is 10. The van der Waals surface area contributed by atoms with Gasteiger partial charge in [-0.25, -0.2) is 17.9 Å². The van der Waals surface area contributed by atoms with E-state index in [0.29, 0.717) is 23.6 Å². The molecule has 1 aliphatic carbocycles. The third kappa shape index (κ3) is 10.3. The molecule has 4 rings (SSSR count). The van der Waals surface area contributed by atoms with Gasteiger partial charge in [-0.3, -0.25) is 4.79 Å². The summed E-state index contributed by atoms with van der Waals surface area (Å²) in [6.07, 6.45) is -3.20. The van der Waals surface area contributed by atoms with Crippen molar-refractivity contribution in [3.63, 3.8) is 0 Å². The Bertz CT molecular complexity index is 1620. The molecule has 13 nitrogen and oxygen atoms in total. The summed E-state index contributed by atoms with van der Waals surface area (Å²) in [5, 5.41) is 11.5. The van der Waals surface area contributed by atoms with Gasteiger partial charge in [0.05, 0.1) is 11.3 Å². The number of halogens is 4. The maximum absolute atomic E-state index is 12.8. The van der Waals surface area contributed by atoms with E-state index in [9.17, 15) is 31.2 Å². The number of anilines is 3. The number of carbonyl (C=O) groups excluding carboxylic acids is 2. The molecule has 0 saturated heterocycles. The van der Waals surface area contributed by atoms with Gasteiger partial charge in [0, 0.05) is 28.9 Å². The van der Waals surface area contributed by atoms with Crippen LogP contribution in [0.4, 0.5) is 35.5 Å². The monoisotopic (exact) mass is 670 g/mol. The van der Waals surface area contributed by atoms with E-state index >= 15 is 0 Å². The third-order valence-corrected chi connectivity index (χ3v) is 7.70. The highest BCUT2D eigenvalue weighted by Crippen LogP contribution is 2.48. The lowest BCUT2D eigenvalue weighted by atomic mass is 10.1. The number of nitrogens with zero attached hydrogens (tertiary/aromatic N) is 3. The molecule has 3 aromatic rings. The van der Waals surface area contributed by atoms with Crippen molar-refractivity contribution < 1.29 is 35.9 Å². The van der Waals surface area contributed by atoms with E-state index < -0.39 is 52.0 Å². The molecule has 1 heterocycles. The van der Waals surface area contributed by atoms with Crippen LogP contribution in [0, 0.1) is 0 Å². The number of carbonyl (C=O) groups is 2. The van der Waals surface area contributed by atoms with Gasteiger partial charge in [0.25, 0.3) is 5.91 Å². The molecular formula is C27H30ClF3N8O5S. The molecular weight excluding hydrogens is 641 g/mol. The summed E-state index contributed by atoms with van der Waals surface area (Å²) in [6, 6.07) is 11.3. The predicted molar refractivity (Wildman–Crippen MR) is 160 cm³/mol. The lowest BCUT2D eigenvalue weighted by molar-refractivity contribution is -0.154. The van der Waals surface area contributed by atoms with Crippen molar-refractivity contribution in [2.24, 2.45) is 0 Å². The number of aromatic nitrogens is 3. The van der Waals surface area contributed by atoms with Gasteiger partial charge in [-0.2, -0.15) is 28.1 Å². The first-order valence-electron chi connectivity index (χ1n) is 13.6. The Morgan fingerprint density at radius 3 is 2.24 bits per heavy atom. The Balaban J connectivity index is 1.43. The number of benzene rings is 2. The molecule has 0 atom stereocenters. The Morgan fingerprint density at radius 1 is 1.00 bits per heavy atom. The lowest BCUT2D eigenvalue weighted by Crippen LogP contribution is -2.43. The Morgan fingerprint density at radius 2 is 1.64 bits per heavy atom. The smallest absolute Gasteiger partial charge is 0.422 e. The molecule has 2 aromatic carbocycles. The van der Waals surface area contributed by atoms with Crippen LogP contribution in [0.25, 0.3) is 0 Å². The molecule has 45 heavy (non-hydrogen) atoms. The minimum absolute atomic E-state index is 0.000441. The largest absolute Gasteiger partial charge is 0.454 e. The van der Waals surface area contributed by atoms with E-state index in [1.807, 2.05) is 16.9 Å². The number of sulfonamides is 1. The molecule has 0 bridgehead atoms. The van der Waals surface area contributed by atoms with E-state index in [1.165, 1.54) is 24.3 Å². The minimum atomic E-state index is -4.63. The van der Waals surface area contributed by atoms with E-state index in [0.717, 1.165) is 5.56 Å². The van der Waals surface area contributed by atoms with Gasteiger partial charge < -0.3 is 26.0 Å². The highest BCUT2D eigenvalue weighted by atomic mass is 35.5. The van der Waals surface area contributed by atoms with Gasteiger partial charge in [-0.05, 0) is 68.7 Å². The molecule has 18 heteroatoms. The summed E-state index contributed by atoms with van der Waals surface area (Å²) in [4.78, 5) is 36.3. The molecule has 0 radical (unpaired) electrons. The molecule has 0 aliphatic heterocycles. The SMILES string of the molecule is CC(C)NC(=O)NCCS(=O)(=O)NC(=O)c1ccc(Nc2nc(NC3(c4ccc(Cl)cc4)CC3)nc(OCC(F)(F)F)n2)cc1. The zero-order chi connectivity index (χ0) is 32.8. The lowest BCUT2D eigenvalue weighted by Gasteiger charge is -2.19. The number of hydrogen-bond donors (Lipinski definition) is 5. The first kappa shape index (κ1) is 33.5. The molecule has 1 aliphatic rings. The highest BCUT2D eigenvalue weighted by Gasteiger charge is 2.45. The van der Waals surface area contributed by atoms with E-state index in [2.05, 4.69) is 36.2 Å². The van der Waals surface area contributed by atoms with Gasteiger partial charge in [-0.15, -0.1) is 0 Å². The summed E-state index contributed by atoms with van der Waals surface area (Å²) in [7, 11) is -4.06. The maximum atomic E-state index is 12.8. The van der Waals surface area contributed by atoms with Crippen molar-refractivity contribution in [1.82, 2.24) is 30.3 Å². The maximum Gasteiger partial charge on any atom is 0.422 e. The molecule has 1 saturated carbocycles. The molecule has 242 valence electrons. The van der Waals surface area contributed by atoms with Crippen LogP contribution in [0.5, 0.6) is 6.01 Å². The normalized spacial score (nSPS) is 13.9. The fraction of sp³-hybridized carbons (Fsp3) is 0.370. The summed E-state index contributed by atoms with van der Waals surface area (Å²) in [6.45, 7) is 1.65. The second kappa shape index (κ2) is 13.7. The van der Waals surface area contributed by atoms with Gasteiger partial charge in [-0.1, -0.05) is 23.7 Å². The molecule has 1 fully saturated rings. The quantitative estimate of drug-likeness (QED) is 0.178. The molecule has 1 aromatic heterocycles. The van der Waals surface area contributed by atoms with Crippen LogP contribution >= 0.6 is 11.6 Å². The number of amides is 3. The highest BCUT2D eigenvalue weighted by molar-refractivity contribution is 7.90. The molecule has 0 spiro atoms.